The molecule has 1 aromatic carbocycles. The van der Waals surface area contributed by atoms with Crippen LogP contribution in [0, 0.1) is 0 Å². The van der Waals surface area contributed by atoms with Crippen LogP contribution in [0.15, 0.2) is 42.5 Å². The maximum absolute atomic E-state index is 11.3. The average Bonchev–Trinajstić information content (AvgIpc) is 2.35. The molecule has 0 spiro atoms. The molecule has 0 aliphatic carbocycles. The predicted molar refractivity (Wildman–Crippen MR) is 66.4 cm³/mol. The van der Waals surface area contributed by atoms with Crippen LogP contribution in [-0.4, -0.2) is 19.2 Å². The fraction of sp³-hybridized carbons (Fsp3) is 0.250. The van der Waals surface area contributed by atoms with E-state index in [1.807, 2.05) is 6.07 Å². The maximum Gasteiger partial charge on any atom is 0.750 e. The van der Waals surface area contributed by atoms with E-state index in [-0.39, 0.29) is 13.2 Å². The van der Waals surface area contributed by atoms with Gasteiger partial charge in [0.25, 0.3) is 0 Å². The van der Waals surface area contributed by atoms with Gasteiger partial charge in [0.2, 0.25) is 0 Å². The quantitative estimate of drug-likeness (QED) is 0.329. The Kier molecular flexibility index (Phi) is 6.05. The van der Waals surface area contributed by atoms with Crippen LogP contribution in [0.2, 0.25) is 0 Å². The molecular weight excluding hydrogens is 255 g/mol. The zero-order chi connectivity index (χ0) is 13.4. The first-order chi connectivity index (χ1) is 8.59. The second-order valence-corrected chi connectivity index (χ2v) is 4.27. The molecular formula is C12H14O5P+. The molecule has 1 rings (SSSR count). The molecule has 5 nitrogen and oxygen atoms in total. The van der Waals surface area contributed by atoms with Crippen molar-refractivity contribution in [3.05, 3.63) is 42.5 Å². The molecule has 1 atom stereocenters. The monoisotopic (exact) mass is 269 g/mol. The molecule has 6 heteroatoms. The summed E-state index contributed by atoms with van der Waals surface area (Å²) in [5.74, 6) is -0.0460. The van der Waals surface area contributed by atoms with E-state index in [1.165, 1.54) is 0 Å². The third-order valence-corrected chi connectivity index (χ3v) is 2.54. The number of benzene rings is 1. The van der Waals surface area contributed by atoms with Crippen LogP contribution >= 0.6 is 8.25 Å². The Morgan fingerprint density at radius 2 is 1.94 bits per heavy atom. The van der Waals surface area contributed by atoms with Gasteiger partial charge in [0, 0.05) is 10.1 Å². The van der Waals surface area contributed by atoms with E-state index in [1.54, 1.807) is 31.2 Å². The van der Waals surface area contributed by atoms with E-state index in [9.17, 15) is 9.36 Å². The van der Waals surface area contributed by atoms with Crippen LogP contribution in [-0.2, 0) is 18.6 Å². The molecule has 0 aliphatic heterocycles. The molecule has 0 saturated heterocycles. The number of esters is 1. The van der Waals surface area contributed by atoms with Crippen molar-refractivity contribution in [2.45, 2.75) is 6.92 Å². The SMILES string of the molecule is C=C(C)C(=O)OCCO[P+](=O)Oc1ccccc1. The summed E-state index contributed by atoms with van der Waals surface area (Å²) >= 11 is 0. The molecule has 18 heavy (non-hydrogen) atoms. The summed E-state index contributed by atoms with van der Waals surface area (Å²) in [6, 6.07) is 8.66. The molecule has 0 aliphatic rings. The van der Waals surface area contributed by atoms with Crippen molar-refractivity contribution < 1.29 is 23.1 Å². The van der Waals surface area contributed by atoms with Crippen LogP contribution in [0.25, 0.3) is 0 Å². The van der Waals surface area contributed by atoms with Gasteiger partial charge in [-0.2, -0.15) is 0 Å². The Morgan fingerprint density at radius 3 is 2.56 bits per heavy atom. The molecule has 0 heterocycles. The van der Waals surface area contributed by atoms with Crippen LogP contribution in [0.5, 0.6) is 5.75 Å². The van der Waals surface area contributed by atoms with Crippen molar-refractivity contribution in [1.29, 1.82) is 0 Å². The third-order valence-electron chi connectivity index (χ3n) is 1.78. The molecule has 0 radical (unpaired) electrons. The summed E-state index contributed by atoms with van der Waals surface area (Å²) in [5.41, 5.74) is 0.305. The van der Waals surface area contributed by atoms with Gasteiger partial charge in [-0.05, 0) is 19.1 Å². The van der Waals surface area contributed by atoms with Crippen LogP contribution < -0.4 is 4.52 Å². The highest BCUT2D eigenvalue weighted by Gasteiger charge is 2.21. The molecule has 0 N–H and O–H groups in total. The van der Waals surface area contributed by atoms with Crippen molar-refractivity contribution in [2.24, 2.45) is 0 Å². The van der Waals surface area contributed by atoms with Gasteiger partial charge in [-0.3, -0.25) is 0 Å². The first-order valence-corrected chi connectivity index (χ1v) is 6.35. The Morgan fingerprint density at radius 1 is 1.28 bits per heavy atom. The lowest BCUT2D eigenvalue weighted by molar-refractivity contribution is -0.139. The summed E-state index contributed by atoms with van der Waals surface area (Å²) in [6.07, 6.45) is 0. The minimum atomic E-state index is -2.27. The number of ether oxygens (including phenoxy) is 1. The highest BCUT2D eigenvalue weighted by atomic mass is 31.1. The van der Waals surface area contributed by atoms with Crippen molar-refractivity contribution in [2.75, 3.05) is 13.2 Å². The van der Waals surface area contributed by atoms with Gasteiger partial charge in [-0.15, -0.1) is 4.52 Å². The van der Waals surface area contributed by atoms with Crippen molar-refractivity contribution >= 4 is 14.2 Å². The van der Waals surface area contributed by atoms with E-state index in [0.29, 0.717) is 11.3 Å². The lowest BCUT2D eigenvalue weighted by Crippen LogP contribution is -2.09. The summed E-state index contributed by atoms with van der Waals surface area (Å²) in [5, 5.41) is 0. The first kappa shape index (κ1) is 14.4. The lowest BCUT2D eigenvalue weighted by atomic mass is 10.3. The number of carbonyl (C=O) groups excluding carboxylic acids is 1. The van der Waals surface area contributed by atoms with Gasteiger partial charge in [-0.25, -0.2) is 9.32 Å². The maximum atomic E-state index is 11.3. The Hall–Kier alpha value is -1.71. The zero-order valence-electron chi connectivity index (χ0n) is 10.00. The van der Waals surface area contributed by atoms with Crippen LogP contribution in [0.1, 0.15) is 6.92 Å². The number of hydrogen-bond donors (Lipinski definition) is 0. The predicted octanol–water partition coefficient (Wildman–Crippen LogP) is 2.86. The van der Waals surface area contributed by atoms with Gasteiger partial charge >= 0.3 is 14.2 Å². The van der Waals surface area contributed by atoms with E-state index in [4.69, 9.17) is 13.8 Å². The molecule has 96 valence electrons. The summed E-state index contributed by atoms with van der Waals surface area (Å²) in [4.78, 5) is 11.0. The largest absolute Gasteiger partial charge is 0.750 e. The second-order valence-electron chi connectivity index (χ2n) is 3.38. The van der Waals surface area contributed by atoms with Gasteiger partial charge in [-0.1, -0.05) is 24.8 Å². The van der Waals surface area contributed by atoms with Crippen molar-refractivity contribution in [3.8, 4) is 5.75 Å². The Balaban J connectivity index is 2.18. The standard InChI is InChI=1S/C12H14O5P/c1-10(2)12(13)15-8-9-16-18(14)17-11-6-4-3-5-7-11/h3-7H,1,8-9H2,2H3/q+1. The number of para-hydroxylation sites is 1. The molecule has 0 fully saturated rings. The molecule has 0 bridgehead atoms. The lowest BCUT2D eigenvalue weighted by Gasteiger charge is -2.00. The van der Waals surface area contributed by atoms with E-state index in [0.717, 1.165) is 0 Å². The highest BCUT2D eigenvalue weighted by Crippen LogP contribution is 2.27. The fourth-order valence-corrected chi connectivity index (χ4v) is 1.53. The summed E-state index contributed by atoms with van der Waals surface area (Å²) < 4.78 is 25.9. The number of hydrogen-bond acceptors (Lipinski definition) is 5. The van der Waals surface area contributed by atoms with Gasteiger partial charge in [0.15, 0.2) is 5.75 Å². The normalized spacial score (nSPS) is 10.6. The molecule has 0 aromatic heterocycles. The number of carbonyl (C=O) groups is 1. The van der Waals surface area contributed by atoms with E-state index < -0.39 is 14.2 Å². The van der Waals surface area contributed by atoms with Gasteiger partial charge < -0.3 is 4.74 Å². The highest BCUT2D eigenvalue weighted by molar-refractivity contribution is 7.33. The minimum Gasteiger partial charge on any atom is -0.460 e. The van der Waals surface area contributed by atoms with Gasteiger partial charge in [0.1, 0.15) is 13.2 Å². The average molecular weight is 269 g/mol. The van der Waals surface area contributed by atoms with E-state index in [2.05, 4.69) is 6.58 Å². The second kappa shape index (κ2) is 7.58. The topological polar surface area (TPSA) is 61.8 Å². The minimum absolute atomic E-state index is 0.00105. The number of rotatable bonds is 7. The van der Waals surface area contributed by atoms with Gasteiger partial charge in [0.05, 0.1) is 0 Å². The molecule has 0 saturated carbocycles. The molecule has 0 amide bonds. The Bertz CT molecular complexity index is 429. The van der Waals surface area contributed by atoms with Crippen LogP contribution in [0.3, 0.4) is 0 Å². The van der Waals surface area contributed by atoms with Crippen molar-refractivity contribution in [1.82, 2.24) is 0 Å². The first-order valence-electron chi connectivity index (χ1n) is 5.25. The smallest absolute Gasteiger partial charge is 0.460 e. The zero-order valence-corrected chi connectivity index (χ0v) is 10.9. The van der Waals surface area contributed by atoms with Crippen LogP contribution in [0.4, 0.5) is 0 Å². The Labute approximate surface area is 106 Å². The fourth-order valence-electron chi connectivity index (χ4n) is 0.963. The summed E-state index contributed by atoms with van der Waals surface area (Å²) in [7, 11) is -2.27. The van der Waals surface area contributed by atoms with Crippen molar-refractivity contribution in [3.63, 3.8) is 0 Å². The summed E-state index contributed by atoms with van der Waals surface area (Å²) in [6.45, 7) is 4.98. The van der Waals surface area contributed by atoms with E-state index >= 15 is 0 Å². The third kappa shape index (κ3) is 5.57. The molecule has 1 unspecified atom stereocenters. The molecule has 1 aromatic rings.